The number of sulfonamides is 1. The highest BCUT2D eigenvalue weighted by Gasteiger charge is 2.38. The molecule has 2 aromatic rings. The summed E-state index contributed by atoms with van der Waals surface area (Å²) in [6.45, 7) is 2.11. The van der Waals surface area contributed by atoms with E-state index in [1.54, 1.807) is 13.0 Å². The van der Waals surface area contributed by atoms with Crippen molar-refractivity contribution in [3.8, 4) is 0 Å². The fraction of sp³-hybridized carbons (Fsp3) is 0.357. The van der Waals surface area contributed by atoms with Gasteiger partial charge in [0.15, 0.2) is 0 Å². The molecule has 0 bridgehead atoms. The minimum atomic E-state index is -3.88. The summed E-state index contributed by atoms with van der Waals surface area (Å²) < 4.78 is 45.5. The molecule has 5 nitrogen and oxygen atoms in total. The molecule has 1 aliphatic rings. The number of rotatable bonds is 3. The van der Waals surface area contributed by atoms with Crippen LogP contribution in [-0.4, -0.2) is 24.4 Å². The van der Waals surface area contributed by atoms with Gasteiger partial charge in [0.25, 0.3) is 0 Å². The van der Waals surface area contributed by atoms with E-state index < -0.39 is 21.9 Å². The Labute approximate surface area is 122 Å². The van der Waals surface area contributed by atoms with Crippen LogP contribution in [0.2, 0.25) is 0 Å². The molecule has 1 saturated heterocycles. The molecule has 2 heterocycles. The van der Waals surface area contributed by atoms with Crippen molar-refractivity contribution in [3.63, 3.8) is 0 Å². The van der Waals surface area contributed by atoms with Gasteiger partial charge in [-0.1, -0.05) is 17.3 Å². The highest BCUT2D eigenvalue weighted by Crippen LogP contribution is 2.36. The van der Waals surface area contributed by atoms with Crippen LogP contribution in [0.25, 0.3) is 0 Å². The van der Waals surface area contributed by atoms with E-state index in [2.05, 4.69) is 5.16 Å². The number of hydrogen-bond donors (Lipinski definition) is 0. The zero-order valence-electron chi connectivity index (χ0n) is 11.5. The lowest BCUT2D eigenvalue weighted by Gasteiger charge is -2.22. The second-order valence-corrected chi connectivity index (χ2v) is 6.93. The predicted octanol–water partition coefficient (Wildman–Crippen LogP) is 2.65. The van der Waals surface area contributed by atoms with Gasteiger partial charge in [0.1, 0.15) is 22.2 Å². The zero-order valence-corrected chi connectivity index (χ0v) is 12.3. The zero-order chi connectivity index (χ0) is 15.0. The minimum absolute atomic E-state index is 0.294. The Balaban J connectivity index is 2.00. The number of halogens is 1. The second kappa shape index (κ2) is 5.23. The van der Waals surface area contributed by atoms with Crippen molar-refractivity contribution in [1.29, 1.82) is 0 Å². The highest BCUT2D eigenvalue weighted by atomic mass is 32.2. The van der Waals surface area contributed by atoms with Gasteiger partial charge in [-0.2, -0.15) is 4.31 Å². The van der Waals surface area contributed by atoms with Crippen LogP contribution in [0.15, 0.2) is 39.8 Å². The molecule has 0 spiro atoms. The first-order valence-corrected chi connectivity index (χ1v) is 8.14. The quantitative estimate of drug-likeness (QED) is 0.874. The van der Waals surface area contributed by atoms with Gasteiger partial charge >= 0.3 is 0 Å². The Bertz CT molecular complexity index is 757. The fourth-order valence-corrected chi connectivity index (χ4v) is 4.38. The Morgan fingerprint density at radius 1 is 1.38 bits per heavy atom. The predicted molar refractivity (Wildman–Crippen MR) is 73.5 cm³/mol. The van der Waals surface area contributed by atoms with Gasteiger partial charge in [-0.05, 0) is 31.9 Å². The number of nitrogens with zero attached hydrogens (tertiary/aromatic N) is 2. The third-order valence-electron chi connectivity index (χ3n) is 3.61. The largest absolute Gasteiger partial charge is 0.361 e. The van der Waals surface area contributed by atoms with E-state index >= 15 is 0 Å². The van der Waals surface area contributed by atoms with Crippen molar-refractivity contribution >= 4 is 10.0 Å². The van der Waals surface area contributed by atoms with E-state index in [1.807, 2.05) is 0 Å². The average molecular weight is 310 g/mol. The summed E-state index contributed by atoms with van der Waals surface area (Å²) in [4.78, 5) is -0.294. The summed E-state index contributed by atoms with van der Waals surface area (Å²) in [6.07, 6.45) is 1.36. The first-order valence-electron chi connectivity index (χ1n) is 6.70. The smallest absolute Gasteiger partial charge is 0.246 e. The third-order valence-corrected chi connectivity index (χ3v) is 5.56. The van der Waals surface area contributed by atoms with E-state index in [0.29, 0.717) is 30.8 Å². The molecule has 1 fully saturated rings. The molecule has 1 atom stereocenters. The first kappa shape index (κ1) is 14.2. The molecule has 7 heteroatoms. The topological polar surface area (TPSA) is 63.4 Å². The molecule has 0 aliphatic carbocycles. The Morgan fingerprint density at radius 3 is 2.81 bits per heavy atom. The maximum atomic E-state index is 13.8. The van der Waals surface area contributed by atoms with Crippen LogP contribution in [-0.2, 0) is 10.0 Å². The Morgan fingerprint density at radius 2 is 2.14 bits per heavy atom. The highest BCUT2D eigenvalue weighted by molar-refractivity contribution is 7.89. The summed E-state index contributed by atoms with van der Waals surface area (Å²) in [5.41, 5.74) is 0.574. The second-order valence-electron chi connectivity index (χ2n) is 5.07. The molecule has 21 heavy (non-hydrogen) atoms. The molecule has 0 saturated carbocycles. The summed E-state index contributed by atoms with van der Waals surface area (Å²) >= 11 is 0. The standard InChI is InChI=1S/C14H15FN2O3S/c1-10-9-12(16-20-10)13-6-4-8-17(13)21(18,19)14-7-3-2-5-11(14)15/h2-3,5,7,9,13H,4,6,8H2,1H3/t13-/m1/s1. The fourth-order valence-electron chi connectivity index (χ4n) is 2.65. The molecule has 0 unspecified atom stereocenters. The van der Waals surface area contributed by atoms with Crippen LogP contribution in [0.5, 0.6) is 0 Å². The molecule has 1 aliphatic heterocycles. The Kier molecular flexibility index (Phi) is 3.54. The van der Waals surface area contributed by atoms with Crippen molar-refractivity contribution in [1.82, 2.24) is 9.46 Å². The molecular weight excluding hydrogens is 295 g/mol. The minimum Gasteiger partial charge on any atom is -0.361 e. The van der Waals surface area contributed by atoms with Gasteiger partial charge in [0.05, 0.1) is 6.04 Å². The van der Waals surface area contributed by atoms with Gasteiger partial charge in [-0.3, -0.25) is 0 Å². The summed E-state index contributed by atoms with van der Waals surface area (Å²) in [5.74, 6) is -0.111. The van der Waals surface area contributed by atoms with Crippen LogP contribution < -0.4 is 0 Å². The van der Waals surface area contributed by atoms with Crippen LogP contribution in [0.4, 0.5) is 4.39 Å². The van der Waals surface area contributed by atoms with Crippen molar-refractivity contribution in [2.75, 3.05) is 6.54 Å². The summed E-state index contributed by atoms with van der Waals surface area (Å²) in [6, 6.07) is 6.75. The van der Waals surface area contributed by atoms with Gasteiger partial charge in [-0.15, -0.1) is 0 Å². The lowest BCUT2D eigenvalue weighted by atomic mass is 10.1. The van der Waals surface area contributed by atoms with Crippen LogP contribution in [0, 0.1) is 12.7 Å². The molecular formula is C14H15FN2O3S. The summed E-state index contributed by atoms with van der Waals surface area (Å²) in [5, 5.41) is 3.90. The van der Waals surface area contributed by atoms with E-state index in [1.165, 1.54) is 22.5 Å². The van der Waals surface area contributed by atoms with Crippen molar-refractivity contribution in [2.45, 2.75) is 30.7 Å². The van der Waals surface area contributed by atoms with Crippen molar-refractivity contribution in [3.05, 3.63) is 47.6 Å². The monoisotopic (exact) mass is 310 g/mol. The number of hydrogen-bond acceptors (Lipinski definition) is 4. The maximum absolute atomic E-state index is 13.8. The average Bonchev–Trinajstić information content (AvgIpc) is 3.07. The van der Waals surface area contributed by atoms with E-state index in [4.69, 9.17) is 4.52 Å². The number of aromatic nitrogens is 1. The molecule has 3 rings (SSSR count). The molecule has 112 valence electrons. The first-order chi connectivity index (χ1) is 10.00. The lowest BCUT2D eigenvalue weighted by Crippen LogP contribution is -2.31. The number of aryl methyl sites for hydroxylation is 1. The van der Waals surface area contributed by atoms with Gasteiger partial charge in [-0.25, -0.2) is 12.8 Å². The molecule has 0 radical (unpaired) electrons. The molecule has 0 N–H and O–H groups in total. The number of benzene rings is 1. The molecule has 1 aromatic carbocycles. The molecule has 0 amide bonds. The van der Waals surface area contributed by atoms with Gasteiger partial charge in [0.2, 0.25) is 10.0 Å². The van der Waals surface area contributed by atoms with Gasteiger partial charge in [0, 0.05) is 12.6 Å². The lowest BCUT2D eigenvalue weighted by molar-refractivity contribution is 0.348. The Hall–Kier alpha value is -1.73. The molecule has 1 aromatic heterocycles. The third kappa shape index (κ3) is 2.47. The van der Waals surface area contributed by atoms with E-state index in [0.717, 1.165) is 6.07 Å². The summed E-state index contributed by atoms with van der Waals surface area (Å²) in [7, 11) is -3.88. The van der Waals surface area contributed by atoms with E-state index in [-0.39, 0.29) is 4.90 Å². The normalized spacial score (nSPS) is 20.0. The van der Waals surface area contributed by atoms with Crippen molar-refractivity contribution < 1.29 is 17.3 Å². The van der Waals surface area contributed by atoms with Crippen LogP contribution in [0.3, 0.4) is 0 Å². The maximum Gasteiger partial charge on any atom is 0.246 e. The SMILES string of the molecule is Cc1cc([C@H]2CCCN2S(=O)(=O)c2ccccc2F)no1. The van der Waals surface area contributed by atoms with Gasteiger partial charge < -0.3 is 4.52 Å². The van der Waals surface area contributed by atoms with Crippen LogP contribution >= 0.6 is 0 Å². The van der Waals surface area contributed by atoms with Crippen LogP contribution in [0.1, 0.15) is 30.3 Å². The van der Waals surface area contributed by atoms with E-state index in [9.17, 15) is 12.8 Å². The van der Waals surface area contributed by atoms with Crippen molar-refractivity contribution in [2.24, 2.45) is 0 Å².